The number of rotatable bonds is 4. The second-order valence-electron chi connectivity index (χ2n) is 4.96. The lowest BCUT2D eigenvalue weighted by Crippen LogP contribution is -2.46. The van der Waals surface area contributed by atoms with Crippen LogP contribution in [0, 0.1) is 0 Å². The third-order valence-corrected chi connectivity index (χ3v) is 3.47. The van der Waals surface area contributed by atoms with Gasteiger partial charge in [-0.2, -0.15) is 0 Å². The van der Waals surface area contributed by atoms with Crippen molar-refractivity contribution in [2.24, 2.45) is 0 Å². The normalized spacial score (nSPS) is 19.0. The summed E-state index contributed by atoms with van der Waals surface area (Å²) >= 11 is 0. The summed E-state index contributed by atoms with van der Waals surface area (Å²) in [6.07, 6.45) is 11.2. The highest BCUT2D eigenvalue weighted by molar-refractivity contribution is 5.29. The summed E-state index contributed by atoms with van der Waals surface area (Å²) in [6, 6.07) is 2.30. The second-order valence-corrected chi connectivity index (χ2v) is 4.96. The molecule has 0 radical (unpaired) electrons. The zero-order chi connectivity index (χ0) is 13.6. The van der Waals surface area contributed by atoms with E-state index < -0.39 is 0 Å². The molecule has 3 heterocycles. The molecule has 3 rings (SSSR count). The van der Waals surface area contributed by atoms with E-state index in [-0.39, 0.29) is 0 Å². The molecular weight excluding hydrogens is 252 g/mol. The van der Waals surface area contributed by atoms with Gasteiger partial charge in [0.25, 0.3) is 0 Å². The fourth-order valence-electron chi connectivity index (χ4n) is 2.46. The van der Waals surface area contributed by atoms with E-state index in [0.717, 1.165) is 37.6 Å². The van der Waals surface area contributed by atoms with Crippen LogP contribution in [-0.2, 0) is 6.54 Å². The van der Waals surface area contributed by atoms with Gasteiger partial charge in [0.2, 0.25) is 5.95 Å². The van der Waals surface area contributed by atoms with Crippen LogP contribution in [-0.4, -0.2) is 39.1 Å². The highest BCUT2D eigenvalue weighted by Gasteiger charge is 2.21. The molecule has 1 aliphatic rings. The number of hydrogen-bond donors (Lipinski definition) is 1. The number of hydrogen-bond acceptors (Lipinski definition) is 6. The van der Waals surface area contributed by atoms with Crippen molar-refractivity contribution >= 4 is 5.95 Å². The molecule has 1 saturated heterocycles. The van der Waals surface area contributed by atoms with Gasteiger partial charge in [-0.15, -0.1) is 0 Å². The molecule has 104 valence electrons. The Morgan fingerprint density at radius 1 is 1.20 bits per heavy atom. The van der Waals surface area contributed by atoms with Crippen LogP contribution in [0.25, 0.3) is 0 Å². The van der Waals surface area contributed by atoms with Crippen LogP contribution in [0.15, 0.2) is 37.2 Å². The van der Waals surface area contributed by atoms with Crippen LogP contribution in [0.3, 0.4) is 0 Å². The van der Waals surface area contributed by atoms with Crippen molar-refractivity contribution in [2.45, 2.75) is 25.4 Å². The zero-order valence-electron chi connectivity index (χ0n) is 11.3. The number of aromatic nitrogens is 4. The highest BCUT2D eigenvalue weighted by Crippen LogP contribution is 2.15. The van der Waals surface area contributed by atoms with Crippen molar-refractivity contribution in [3.63, 3.8) is 0 Å². The van der Waals surface area contributed by atoms with E-state index in [2.05, 4.69) is 30.2 Å². The summed E-state index contributed by atoms with van der Waals surface area (Å²) in [5, 5.41) is 3.56. The first-order chi connectivity index (χ1) is 9.92. The molecule has 1 unspecified atom stereocenters. The van der Waals surface area contributed by atoms with Crippen molar-refractivity contribution < 1.29 is 0 Å². The fourth-order valence-corrected chi connectivity index (χ4v) is 2.46. The Balaban J connectivity index is 1.56. The highest BCUT2D eigenvalue weighted by atomic mass is 15.3. The Bertz CT molecular complexity index is 518. The van der Waals surface area contributed by atoms with E-state index >= 15 is 0 Å². The SMILES string of the molecule is c1cnc(N2CCCC(NCc3cncnc3)C2)nc1. The topological polar surface area (TPSA) is 66.8 Å². The smallest absolute Gasteiger partial charge is 0.225 e. The van der Waals surface area contributed by atoms with E-state index in [1.54, 1.807) is 18.7 Å². The molecular formula is C14H18N6. The lowest BCUT2D eigenvalue weighted by molar-refractivity contribution is 0.418. The van der Waals surface area contributed by atoms with Gasteiger partial charge in [-0.1, -0.05) is 0 Å². The van der Waals surface area contributed by atoms with Crippen molar-refractivity contribution in [2.75, 3.05) is 18.0 Å². The second kappa shape index (κ2) is 6.38. The minimum Gasteiger partial charge on any atom is -0.339 e. The Morgan fingerprint density at radius 2 is 2.00 bits per heavy atom. The molecule has 2 aromatic heterocycles. The van der Waals surface area contributed by atoms with Crippen LogP contribution in [0.1, 0.15) is 18.4 Å². The van der Waals surface area contributed by atoms with Crippen LogP contribution >= 0.6 is 0 Å². The third kappa shape index (κ3) is 3.27. The van der Waals surface area contributed by atoms with Crippen molar-refractivity contribution in [3.8, 4) is 0 Å². The average Bonchev–Trinajstić information content (AvgIpc) is 2.55. The molecule has 20 heavy (non-hydrogen) atoms. The molecule has 1 N–H and O–H groups in total. The van der Waals surface area contributed by atoms with Crippen molar-refractivity contribution in [3.05, 3.63) is 42.7 Å². The maximum atomic E-state index is 4.32. The number of nitrogens with one attached hydrogen (secondary N) is 1. The molecule has 0 aromatic carbocycles. The van der Waals surface area contributed by atoms with Gasteiger partial charge in [-0.25, -0.2) is 19.9 Å². The van der Waals surface area contributed by atoms with Gasteiger partial charge in [0.1, 0.15) is 6.33 Å². The first kappa shape index (κ1) is 12.9. The van der Waals surface area contributed by atoms with E-state index in [1.807, 2.05) is 18.5 Å². The lowest BCUT2D eigenvalue weighted by atomic mass is 10.1. The predicted molar refractivity (Wildman–Crippen MR) is 76.1 cm³/mol. The van der Waals surface area contributed by atoms with E-state index in [4.69, 9.17) is 0 Å². The van der Waals surface area contributed by atoms with Crippen LogP contribution in [0.5, 0.6) is 0 Å². The predicted octanol–water partition coefficient (Wildman–Crippen LogP) is 1.03. The summed E-state index contributed by atoms with van der Waals surface area (Å²) in [6.45, 7) is 2.77. The number of anilines is 1. The molecule has 1 aliphatic heterocycles. The van der Waals surface area contributed by atoms with Gasteiger partial charge >= 0.3 is 0 Å². The Hall–Kier alpha value is -2.08. The van der Waals surface area contributed by atoms with E-state index in [1.165, 1.54) is 6.42 Å². The molecule has 0 saturated carbocycles. The van der Waals surface area contributed by atoms with E-state index in [9.17, 15) is 0 Å². The quantitative estimate of drug-likeness (QED) is 0.895. The average molecular weight is 270 g/mol. The summed E-state index contributed by atoms with van der Waals surface area (Å²) in [5.74, 6) is 0.821. The molecule has 2 aromatic rings. The molecule has 0 aliphatic carbocycles. The molecule has 6 nitrogen and oxygen atoms in total. The molecule has 1 atom stereocenters. The van der Waals surface area contributed by atoms with Crippen molar-refractivity contribution in [1.29, 1.82) is 0 Å². The van der Waals surface area contributed by atoms with Gasteiger partial charge in [-0.05, 0) is 18.9 Å². The number of nitrogens with zero attached hydrogens (tertiary/aromatic N) is 5. The largest absolute Gasteiger partial charge is 0.339 e. The first-order valence-corrected chi connectivity index (χ1v) is 6.91. The van der Waals surface area contributed by atoms with Crippen molar-refractivity contribution in [1.82, 2.24) is 25.3 Å². The molecule has 1 fully saturated rings. The number of piperidine rings is 1. The van der Waals surface area contributed by atoms with Crippen LogP contribution in [0.4, 0.5) is 5.95 Å². The minimum absolute atomic E-state index is 0.452. The van der Waals surface area contributed by atoms with Crippen LogP contribution < -0.4 is 10.2 Å². The fraction of sp³-hybridized carbons (Fsp3) is 0.429. The Labute approximate surface area is 118 Å². The van der Waals surface area contributed by atoms with E-state index in [0.29, 0.717) is 6.04 Å². The van der Waals surface area contributed by atoms with Gasteiger partial charge in [0.05, 0.1) is 0 Å². The lowest BCUT2D eigenvalue weighted by Gasteiger charge is -2.33. The monoisotopic (exact) mass is 270 g/mol. The zero-order valence-corrected chi connectivity index (χ0v) is 11.3. The van der Waals surface area contributed by atoms with Gasteiger partial charge in [0.15, 0.2) is 0 Å². The Morgan fingerprint density at radius 3 is 2.80 bits per heavy atom. The van der Waals surface area contributed by atoms with Gasteiger partial charge in [-0.3, -0.25) is 0 Å². The Kier molecular flexibility index (Phi) is 4.13. The molecule has 6 heteroatoms. The molecule has 0 amide bonds. The third-order valence-electron chi connectivity index (χ3n) is 3.47. The maximum absolute atomic E-state index is 4.32. The standard InChI is InChI=1S/C14H18N6/c1-3-13(19-9-12-7-15-11-16-8-12)10-20(6-1)14-17-4-2-5-18-14/h2,4-5,7-8,11,13,19H,1,3,6,9-10H2. The van der Waals surface area contributed by atoms with Gasteiger partial charge in [0, 0.05) is 56.0 Å². The first-order valence-electron chi connectivity index (χ1n) is 6.91. The summed E-state index contributed by atoms with van der Waals surface area (Å²) < 4.78 is 0. The summed E-state index contributed by atoms with van der Waals surface area (Å²) in [5.41, 5.74) is 1.11. The molecule has 0 bridgehead atoms. The summed E-state index contributed by atoms with van der Waals surface area (Å²) in [4.78, 5) is 18.9. The maximum Gasteiger partial charge on any atom is 0.225 e. The summed E-state index contributed by atoms with van der Waals surface area (Å²) in [7, 11) is 0. The van der Waals surface area contributed by atoms with Gasteiger partial charge < -0.3 is 10.2 Å². The van der Waals surface area contributed by atoms with Crippen LogP contribution in [0.2, 0.25) is 0 Å². The molecule has 0 spiro atoms. The minimum atomic E-state index is 0.452.